The zero-order chi connectivity index (χ0) is 8.32. The van der Waals surface area contributed by atoms with Crippen LogP contribution in [0, 0.1) is 0 Å². The molecular formula is C8H16INO2. The number of ether oxygens (including phenoxy) is 1. The van der Waals surface area contributed by atoms with Crippen molar-refractivity contribution in [1.29, 1.82) is 0 Å². The first kappa shape index (κ1) is 12.3. The lowest BCUT2D eigenvalue weighted by molar-refractivity contribution is -0.922. The molecule has 1 atom stereocenters. The Morgan fingerprint density at radius 1 is 1.58 bits per heavy atom. The first-order valence-corrected chi connectivity index (χ1v) is 4.01. The van der Waals surface area contributed by atoms with E-state index < -0.39 is 0 Å². The molecule has 1 saturated heterocycles. The van der Waals surface area contributed by atoms with Crippen molar-refractivity contribution in [3.05, 3.63) is 0 Å². The maximum Gasteiger partial charge on any atom is 0.126 e. The largest absolute Gasteiger partial charge is 1.00 e. The van der Waals surface area contributed by atoms with Gasteiger partial charge in [0, 0.05) is 0 Å². The molecule has 0 aromatic heterocycles. The minimum absolute atomic E-state index is 0. The van der Waals surface area contributed by atoms with Crippen molar-refractivity contribution in [2.75, 3.05) is 33.9 Å². The molecule has 0 N–H and O–H groups in total. The van der Waals surface area contributed by atoms with E-state index in [-0.39, 0.29) is 24.0 Å². The lowest BCUT2D eigenvalue weighted by Gasteiger charge is -2.40. The lowest BCUT2D eigenvalue weighted by atomic mass is 10.1. The predicted octanol–water partition coefficient (Wildman–Crippen LogP) is -2.95. The Bertz CT molecular complexity index is 150. The average Bonchev–Trinajstić information content (AvgIpc) is 1.94. The minimum Gasteiger partial charge on any atom is -1.00 e. The maximum absolute atomic E-state index is 10.3. The van der Waals surface area contributed by atoms with Crippen molar-refractivity contribution in [1.82, 2.24) is 0 Å². The molecule has 1 rings (SSSR count). The third-order valence-electron chi connectivity index (χ3n) is 2.48. The van der Waals surface area contributed by atoms with Crippen LogP contribution in [0.2, 0.25) is 0 Å². The molecule has 72 valence electrons. The van der Waals surface area contributed by atoms with Gasteiger partial charge in [0.2, 0.25) is 0 Å². The quantitative estimate of drug-likeness (QED) is 0.308. The molecule has 0 saturated carbocycles. The van der Waals surface area contributed by atoms with Gasteiger partial charge in [-0.3, -0.25) is 0 Å². The standard InChI is InChI=1S/C8H16NO2.HI/c1-9(2)4-6-11-7-8(9)3-5-10;/h5,8H,3-4,6-7H2,1-2H3;1H/q+1;/p-1. The molecular weight excluding hydrogens is 269 g/mol. The lowest BCUT2D eigenvalue weighted by Crippen LogP contribution is -3.00. The molecule has 0 amide bonds. The van der Waals surface area contributed by atoms with E-state index in [0.717, 1.165) is 30.5 Å². The summed E-state index contributed by atoms with van der Waals surface area (Å²) < 4.78 is 6.21. The van der Waals surface area contributed by atoms with E-state index in [1.54, 1.807) is 0 Å². The Hall–Kier alpha value is 0.320. The molecule has 1 heterocycles. The number of carbonyl (C=O) groups is 1. The van der Waals surface area contributed by atoms with Gasteiger partial charge in [-0.2, -0.15) is 0 Å². The molecule has 12 heavy (non-hydrogen) atoms. The normalized spacial score (nSPS) is 27.3. The molecule has 0 spiro atoms. The summed E-state index contributed by atoms with van der Waals surface area (Å²) in [6, 6.07) is 0.362. The molecule has 3 nitrogen and oxygen atoms in total. The van der Waals surface area contributed by atoms with Crippen molar-refractivity contribution in [3.63, 3.8) is 0 Å². The van der Waals surface area contributed by atoms with Gasteiger partial charge in [0.25, 0.3) is 0 Å². The average molecular weight is 285 g/mol. The van der Waals surface area contributed by atoms with Crippen molar-refractivity contribution in [2.45, 2.75) is 12.5 Å². The van der Waals surface area contributed by atoms with E-state index in [1.807, 2.05) is 0 Å². The third-order valence-corrected chi connectivity index (χ3v) is 2.48. The van der Waals surface area contributed by atoms with Gasteiger partial charge >= 0.3 is 0 Å². The minimum atomic E-state index is 0. The van der Waals surface area contributed by atoms with E-state index in [9.17, 15) is 4.79 Å². The number of likely N-dealkylation sites (N-methyl/N-ethyl adjacent to an activating group) is 1. The van der Waals surface area contributed by atoms with Crippen LogP contribution in [0.15, 0.2) is 0 Å². The first-order valence-electron chi connectivity index (χ1n) is 4.01. The topological polar surface area (TPSA) is 26.3 Å². The Labute approximate surface area is 90.7 Å². The fourth-order valence-electron chi connectivity index (χ4n) is 1.37. The van der Waals surface area contributed by atoms with Crippen molar-refractivity contribution >= 4 is 6.29 Å². The number of quaternary nitrogens is 1. The van der Waals surface area contributed by atoms with Crippen LogP contribution < -0.4 is 24.0 Å². The molecule has 0 aromatic rings. The van der Waals surface area contributed by atoms with Crippen LogP contribution in [0.25, 0.3) is 0 Å². The highest BCUT2D eigenvalue weighted by Crippen LogP contribution is 2.14. The summed E-state index contributed by atoms with van der Waals surface area (Å²) in [5, 5.41) is 0. The molecule has 1 aliphatic heterocycles. The Kier molecular flexibility index (Phi) is 5.27. The number of morpholine rings is 1. The summed E-state index contributed by atoms with van der Waals surface area (Å²) in [6.45, 7) is 2.56. The number of nitrogens with zero attached hydrogens (tertiary/aromatic N) is 1. The van der Waals surface area contributed by atoms with Crippen LogP contribution in [-0.2, 0) is 9.53 Å². The van der Waals surface area contributed by atoms with E-state index in [4.69, 9.17) is 4.74 Å². The molecule has 0 aromatic carbocycles. The van der Waals surface area contributed by atoms with E-state index in [2.05, 4.69) is 14.1 Å². The van der Waals surface area contributed by atoms with E-state index in [0.29, 0.717) is 12.5 Å². The molecule has 1 fully saturated rings. The molecule has 0 bridgehead atoms. The van der Waals surface area contributed by atoms with Crippen LogP contribution in [0.1, 0.15) is 6.42 Å². The third kappa shape index (κ3) is 2.99. The summed E-state index contributed by atoms with van der Waals surface area (Å²) in [6.07, 6.45) is 1.60. The molecule has 1 aliphatic rings. The molecule has 1 unspecified atom stereocenters. The van der Waals surface area contributed by atoms with Gasteiger partial charge in [-0.15, -0.1) is 0 Å². The van der Waals surface area contributed by atoms with Crippen molar-refractivity contribution in [2.24, 2.45) is 0 Å². The smallest absolute Gasteiger partial charge is 0.126 e. The predicted molar refractivity (Wildman–Crippen MR) is 42.3 cm³/mol. The van der Waals surface area contributed by atoms with E-state index >= 15 is 0 Å². The van der Waals surface area contributed by atoms with Gasteiger partial charge in [-0.25, -0.2) is 0 Å². The second kappa shape index (κ2) is 5.14. The summed E-state index contributed by atoms with van der Waals surface area (Å²) in [5.74, 6) is 0. The van der Waals surface area contributed by atoms with Crippen LogP contribution in [-0.4, -0.2) is 50.7 Å². The van der Waals surface area contributed by atoms with Crippen LogP contribution >= 0.6 is 0 Å². The Morgan fingerprint density at radius 2 is 2.25 bits per heavy atom. The second-order valence-corrected chi connectivity index (χ2v) is 3.63. The monoisotopic (exact) mass is 285 g/mol. The summed E-state index contributed by atoms with van der Waals surface area (Å²) in [4.78, 5) is 10.3. The fourth-order valence-corrected chi connectivity index (χ4v) is 1.37. The SMILES string of the molecule is C[N+]1(C)CCOCC1CC=O.[I-]. The zero-order valence-electron chi connectivity index (χ0n) is 7.62. The van der Waals surface area contributed by atoms with Crippen molar-refractivity contribution in [3.8, 4) is 0 Å². The number of halogens is 1. The van der Waals surface area contributed by atoms with Crippen LogP contribution in [0.5, 0.6) is 0 Å². The van der Waals surface area contributed by atoms with E-state index in [1.165, 1.54) is 0 Å². The van der Waals surface area contributed by atoms with Gasteiger partial charge < -0.3 is 38.0 Å². The fraction of sp³-hybridized carbons (Fsp3) is 0.875. The van der Waals surface area contributed by atoms with Crippen LogP contribution in [0.3, 0.4) is 0 Å². The number of aldehydes is 1. The number of rotatable bonds is 2. The maximum atomic E-state index is 10.3. The second-order valence-electron chi connectivity index (χ2n) is 3.63. The van der Waals surface area contributed by atoms with Gasteiger partial charge in [-0.05, 0) is 0 Å². The molecule has 0 radical (unpaired) electrons. The van der Waals surface area contributed by atoms with Gasteiger partial charge in [0.05, 0.1) is 33.7 Å². The molecule has 4 heteroatoms. The van der Waals surface area contributed by atoms with Crippen molar-refractivity contribution < 1.29 is 38.0 Å². The first-order chi connectivity index (χ1) is 5.17. The summed E-state index contributed by atoms with van der Waals surface area (Å²) >= 11 is 0. The van der Waals surface area contributed by atoms with Gasteiger partial charge in [0.1, 0.15) is 18.9 Å². The number of hydrogen-bond acceptors (Lipinski definition) is 2. The van der Waals surface area contributed by atoms with Gasteiger partial charge in [0.15, 0.2) is 0 Å². The summed E-state index contributed by atoms with van der Waals surface area (Å²) in [5.41, 5.74) is 0. The highest BCUT2D eigenvalue weighted by molar-refractivity contribution is 5.50. The zero-order valence-corrected chi connectivity index (χ0v) is 9.78. The van der Waals surface area contributed by atoms with Crippen LogP contribution in [0.4, 0.5) is 0 Å². The number of hydrogen-bond donors (Lipinski definition) is 0. The highest BCUT2D eigenvalue weighted by Gasteiger charge is 2.31. The van der Waals surface area contributed by atoms with Gasteiger partial charge in [-0.1, -0.05) is 0 Å². The molecule has 0 aliphatic carbocycles. The summed E-state index contributed by atoms with van der Waals surface area (Å²) in [7, 11) is 4.30. The highest BCUT2D eigenvalue weighted by atomic mass is 127. The number of carbonyl (C=O) groups excluding carboxylic acids is 1. The Morgan fingerprint density at radius 3 is 2.75 bits per heavy atom. The Balaban J connectivity index is 0.00000121.